The smallest absolute Gasteiger partial charge is 0.399 e. The zero-order valence-corrected chi connectivity index (χ0v) is 11.8. The first-order valence-electron chi connectivity index (χ1n) is 6.24. The summed E-state index contributed by atoms with van der Waals surface area (Å²) >= 11 is 0. The molecule has 0 unspecified atom stereocenters. The highest BCUT2D eigenvalue weighted by atomic mass is 19.4. The van der Waals surface area contributed by atoms with E-state index < -0.39 is 29.7 Å². The van der Waals surface area contributed by atoms with Gasteiger partial charge in [-0.3, -0.25) is 0 Å². The van der Waals surface area contributed by atoms with Crippen LogP contribution >= 0.6 is 0 Å². The molecule has 2 rings (SSSR count). The van der Waals surface area contributed by atoms with Crippen molar-refractivity contribution >= 4 is 5.69 Å². The predicted octanol–water partition coefficient (Wildman–Crippen LogP) is 4.44. The van der Waals surface area contributed by atoms with Gasteiger partial charge < -0.3 is 5.73 Å². The number of benzene rings is 1. The van der Waals surface area contributed by atoms with Gasteiger partial charge in [-0.15, -0.1) is 0 Å². The SMILES string of the molecule is Cc1cc(-n2nc(C(F)(F)C(F)(F)F)cc2C(F)(F)F)ccc1N. The number of aryl methyl sites for hydroxylation is 1. The van der Waals surface area contributed by atoms with Gasteiger partial charge in [0, 0.05) is 5.69 Å². The van der Waals surface area contributed by atoms with E-state index in [-0.39, 0.29) is 22.1 Å². The van der Waals surface area contributed by atoms with Crippen LogP contribution in [0.15, 0.2) is 24.3 Å². The summed E-state index contributed by atoms with van der Waals surface area (Å²) in [5.74, 6) is -5.53. The molecule has 2 aromatic rings. The van der Waals surface area contributed by atoms with E-state index in [0.29, 0.717) is 5.56 Å². The first kappa shape index (κ1) is 18.0. The minimum absolute atomic E-state index is 0.0125. The third-order valence-electron chi connectivity index (χ3n) is 3.18. The van der Waals surface area contributed by atoms with Gasteiger partial charge in [-0.1, -0.05) is 0 Å². The van der Waals surface area contributed by atoms with Crippen LogP contribution in [0.5, 0.6) is 0 Å². The van der Waals surface area contributed by atoms with Gasteiger partial charge in [0.25, 0.3) is 0 Å². The van der Waals surface area contributed by atoms with Crippen molar-refractivity contribution in [2.45, 2.75) is 25.2 Å². The van der Waals surface area contributed by atoms with Crippen LogP contribution in [0.1, 0.15) is 17.0 Å². The fraction of sp³-hybridized carbons (Fsp3) is 0.308. The maximum atomic E-state index is 13.3. The molecule has 1 aromatic carbocycles. The summed E-state index contributed by atoms with van der Waals surface area (Å²) in [4.78, 5) is 0. The predicted molar refractivity (Wildman–Crippen MR) is 67.7 cm³/mol. The van der Waals surface area contributed by atoms with Crippen molar-refractivity contribution in [2.24, 2.45) is 0 Å². The van der Waals surface area contributed by atoms with Crippen LogP contribution in [0.2, 0.25) is 0 Å². The van der Waals surface area contributed by atoms with Crippen molar-refractivity contribution in [1.29, 1.82) is 0 Å². The molecule has 0 bridgehead atoms. The molecule has 0 aliphatic heterocycles. The number of aromatic nitrogens is 2. The van der Waals surface area contributed by atoms with Gasteiger partial charge in [0.1, 0.15) is 11.4 Å². The number of hydrogen-bond donors (Lipinski definition) is 1. The van der Waals surface area contributed by atoms with Crippen LogP contribution in [0.4, 0.5) is 40.8 Å². The molecule has 132 valence electrons. The molecule has 3 nitrogen and oxygen atoms in total. The van der Waals surface area contributed by atoms with Crippen molar-refractivity contribution in [3.63, 3.8) is 0 Å². The van der Waals surface area contributed by atoms with E-state index in [9.17, 15) is 35.1 Å². The summed E-state index contributed by atoms with van der Waals surface area (Å²) in [7, 11) is 0. The molecule has 0 aliphatic rings. The Morgan fingerprint density at radius 2 is 1.54 bits per heavy atom. The minimum Gasteiger partial charge on any atom is -0.399 e. The van der Waals surface area contributed by atoms with Crippen LogP contribution in [-0.2, 0) is 12.1 Å². The molecule has 2 N–H and O–H groups in total. The lowest BCUT2D eigenvalue weighted by atomic mass is 10.2. The fourth-order valence-corrected chi connectivity index (χ4v) is 1.87. The molecular formula is C13H9F8N3. The monoisotopic (exact) mass is 359 g/mol. The topological polar surface area (TPSA) is 43.8 Å². The van der Waals surface area contributed by atoms with Gasteiger partial charge in [-0.2, -0.15) is 40.2 Å². The maximum Gasteiger partial charge on any atom is 0.459 e. The lowest BCUT2D eigenvalue weighted by Gasteiger charge is -2.16. The molecule has 0 saturated carbocycles. The number of nitrogens with zero attached hydrogens (tertiary/aromatic N) is 2. The van der Waals surface area contributed by atoms with Gasteiger partial charge in [0.2, 0.25) is 0 Å². The number of nitrogen functional groups attached to an aromatic ring is 1. The molecule has 0 saturated heterocycles. The number of nitrogens with two attached hydrogens (primary N) is 1. The Kier molecular flexibility index (Phi) is 4.01. The lowest BCUT2D eigenvalue weighted by molar-refractivity contribution is -0.291. The summed E-state index contributed by atoms with van der Waals surface area (Å²) in [6.45, 7) is 1.43. The molecule has 0 radical (unpaired) electrons. The summed E-state index contributed by atoms with van der Waals surface area (Å²) in [6, 6.07) is 2.99. The van der Waals surface area contributed by atoms with Crippen molar-refractivity contribution in [2.75, 3.05) is 5.73 Å². The molecule has 0 amide bonds. The summed E-state index contributed by atoms with van der Waals surface area (Å²) in [6.07, 6.45) is -11.3. The quantitative estimate of drug-likeness (QED) is 0.637. The average Bonchev–Trinajstić information content (AvgIpc) is 2.86. The number of halogens is 8. The standard InChI is InChI=1S/C13H9F8N3/c1-6-4-7(2-3-8(6)22)24-10(12(16,17)18)5-9(23-24)11(14,15)13(19,20)21/h2-5H,22H2,1H3. The lowest BCUT2D eigenvalue weighted by Crippen LogP contribution is -2.34. The summed E-state index contributed by atoms with van der Waals surface area (Å²) < 4.78 is 103. The van der Waals surface area contributed by atoms with Crippen molar-refractivity contribution < 1.29 is 35.1 Å². The minimum atomic E-state index is -6.08. The molecule has 0 spiro atoms. The van der Waals surface area contributed by atoms with Crippen LogP contribution < -0.4 is 5.73 Å². The third kappa shape index (κ3) is 3.02. The molecular weight excluding hydrogens is 350 g/mol. The number of hydrogen-bond acceptors (Lipinski definition) is 2. The summed E-state index contributed by atoms with van der Waals surface area (Å²) in [5, 5.41) is 2.84. The van der Waals surface area contributed by atoms with E-state index in [1.54, 1.807) is 0 Å². The Bertz CT molecular complexity index is 758. The number of alkyl halides is 8. The van der Waals surface area contributed by atoms with Crippen LogP contribution in [-0.4, -0.2) is 16.0 Å². The number of rotatable bonds is 2. The maximum absolute atomic E-state index is 13.3. The molecule has 0 atom stereocenters. The Balaban J connectivity index is 2.69. The van der Waals surface area contributed by atoms with Gasteiger partial charge in [-0.25, -0.2) is 4.68 Å². The van der Waals surface area contributed by atoms with Gasteiger partial charge >= 0.3 is 18.3 Å². The first-order chi connectivity index (χ1) is 10.7. The van der Waals surface area contributed by atoms with Crippen LogP contribution in [0, 0.1) is 6.92 Å². The van der Waals surface area contributed by atoms with E-state index >= 15 is 0 Å². The molecule has 0 aliphatic carbocycles. The van der Waals surface area contributed by atoms with Gasteiger partial charge in [0.05, 0.1) is 5.69 Å². The molecule has 11 heteroatoms. The highest BCUT2D eigenvalue weighted by molar-refractivity contribution is 5.52. The molecule has 1 heterocycles. The second-order valence-electron chi connectivity index (χ2n) is 4.94. The summed E-state index contributed by atoms with van der Waals surface area (Å²) in [5.41, 5.74) is 1.86. The van der Waals surface area contributed by atoms with Crippen molar-refractivity contribution in [3.8, 4) is 5.69 Å². The molecule has 24 heavy (non-hydrogen) atoms. The third-order valence-corrected chi connectivity index (χ3v) is 3.18. The van der Waals surface area contributed by atoms with E-state index in [1.165, 1.54) is 13.0 Å². The fourth-order valence-electron chi connectivity index (χ4n) is 1.87. The Hall–Kier alpha value is -2.33. The van der Waals surface area contributed by atoms with Gasteiger partial charge in [-0.05, 0) is 36.8 Å². The second-order valence-corrected chi connectivity index (χ2v) is 4.94. The average molecular weight is 359 g/mol. The van der Waals surface area contributed by atoms with Crippen molar-refractivity contribution in [1.82, 2.24) is 9.78 Å². The van der Waals surface area contributed by atoms with Crippen molar-refractivity contribution in [3.05, 3.63) is 41.2 Å². The number of anilines is 1. The normalized spacial score (nSPS) is 13.4. The first-order valence-corrected chi connectivity index (χ1v) is 6.24. The second kappa shape index (κ2) is 5.35. The van der Waals surface area contributed by atoms with Crippen LogP contribution in [0.3, 0.4) is 0 Å². The van der Waals surface area contributed by atoms with E-state index in [1.807, 2.05) is 0 Å². The highest BCUT2D eigenvalue weighted by Crippen LogP contribution is 2.45. The zero-order chi connectivity index (χ0) is 18.5. The largest absolute Gasteiger partial charge is 0.459 e. The zero-order valence-electron chi connectivity index (χ0n) is 11.8. The molecule has 1 aromatic heterocycles. The Morgan fingerprint density at radius 1 is 0.958 bits per heavy atom. The highest BCUT2D eigenvalue weighted by Gasteiger charge is 2.61. The van der Waals surface area contributed by atoms with Gasteiger partial charge in [0.15, 0.2) is 0 Å². The van der Waals surface area contributed by atoms with E-state index in [2.05, 4.69) is 5.10 Å². The Morgan fingerprint density at radius 3 is 2.00 bits per heavy atom. The van der Waals surface area contributed by atoms with E-state index in [4.69, 9.17) is 5.73 Å². The van der Waals surface area contributed by atoms with Crippen LogP contribution in [0.25, 0.3) is 5.69 Å². The Labute approximate surface area is 129 Å². The van der Waals surface area contributed by atoms with E-state index in [0.717, 1.165) is 12.1 Å². The molecule has 0 fully saturated rings.